The highest BCUT2D eigenvalue weighted by Crippen LogP contribution is 2.08. The fraction of sp³-hybridized carbons (Fsp3) is 0.417. The van der Waals surface area contributed by atoms with Crippen LogP contribution < -0.4 is 5.32 Å². The molecule has 0 aliphatic heterocycles. The van der Waals surface area contributed by atoms with Crippen molar-refractivity contribution in [3.05, 3.63) is 35.4 Å². The highest BCUT2D eigenvalue weighted by atomic mass is 19.1. The molecule has 0 spiro atoms. The van der Waals surface area contributed by atoms with Crippen LogP contribution in [-0.2, 0) is 0 Å². The van der Waals surface area contributed by atoms with E-state index in [-0.39, 0.29) is 11.6 Å². The zero-order valence-electron chi connectivity index (χ0n) is 9.39. The van der Waals surface area contributed by atoms with Crippen LogP contribution in [0, 0.1) is 11.6 Å². The van der Waals surface area contributed by atoms with E-state index in [0.29, 0.717) is 0 Å². The summed E-state index contributed by atoms with van der Waals surface area (Å²) in [4.78, 5) is 11.6. The maximum Gasteiger partial charge on any atom is 0.251 e. The van der Waals surface area contributed by atoms with Gasteiger partial charge < -0.3 is 5.32 Å². The van der Waals surface area contributed by atoms with Crippen LogP contribution in [-0.4, -0.2) is 11.9 Å². The van der Waals surface area contributed by atoms with Crippen molar-refractivity contribution in [1.82, 2.24) is 5.32 Å². The maximum absolute atomic E-state index is 12.9. The largest absolute Gasteiger partial charge is 0.350 e. The topological polar surface area (TPSA) is 29.1 Å². The molecule has 1 aromatic rings. The summed E-state index contributed by atoms with van der Waals surface area (Å²) >= 11 is 0. The molecular formula is C12H15F2NO. The van der Waals surface area contributed by atoms with Gasteiger partial charge in [-0.15, -0.1) is 0 Å². The third kappa shape index (κ3) is 3.61. The average molecular weight is 227 g/mol. The molecule has 0 fully saturated rings. The van der Waals surface area contributed by atoms with Crippen molar-refractivity contribution < 1.29 is 13.6 Å². The van der Waals surface area contributed by atoms with Gasteiger partial charge in [0.1, 0.15) is 11.6 Å². The third-order valence-electron chi connectivity index (χ3n) is 2.22. The first-order valence-electron chi connectivity index (χ1n) is 5.30. The molecule has 1 aromatic carbocycles. The number of benzene rings is 1. The molecule has 0 heterocycles. The number of carbonyl (C=O) groups is 1. The monoisotopic (exact) mass is 227 g/mol. The van der Waals surface area contributed by atoms with Crippen molar-refractivity contribution >= 4 is 5.91 Å². The minimum atomic E-state index is -0.742. The molecule has 16 heavy (non-hydrogen) atoms. The first kappa shape index (κ1) is 12.6. The summed E-state index contributed by atoms with van der Waals surface area (Å²) in [7, 11) is 0. The highest BCUT2D eigenvalue weighted by Gasteiger charge is 2.11. The number of rotatable bonds is 4. The predicted molar refractivity (Wildman–Crippen MR) is 58.2 cm³/mol. The van der Waals surface area contributed by atoms with E-state index in [4.69, 9.17) is 0 Å². The lowest BCUT2D eigenvalue weighted by Crippen LogP contribution is -2.32. The van der Waals surface area contributed by atoms with Crippen molar-refractivity contribution in [3.8, 4) is 0 Å². The van der Waals surface area contributed by atoms with Gasteiger partial charge in [0.15, 0.2) is 0 Å². The summed E-state index contributed by atoms with van der Waals surface area (Å²) in [5.41, 5.74) is 0.0143. The zero-order valence-corrected chi connectivity index (χ0v) is 9.39. The molecule has 1 rings (SSSR count). The predicted octanol–water partition coefficient (Wildman–Crippen LogP) is 2.88. The van der Waals surface area contributed by atoms with Crippen LogP contribution in [0.1, 0.15) is 37.0 Å². The Bertz CT molecular complexity index is 359. The van der Waals surface area contributed by atoms with E-state index in [0.717, 1.165) is 31.0 Å². The van der Waals surface area contributed by atoms with Crippen LogP contribution in [0.2, 0.25) is 0 Å². The van der Waals surface area contributed by atoms with E-state index in [9.17, 15) is 13.6 Å². The van der Waals surface area contributed by atoms with E-state index >= 15 is 0 Å². The van der Waals surface area contributed by atoms with Gasteiger partial charge in [-0.3, -0.25) is 4.79 Å². The number of halogens is 2. The minimum absolute atomic E-state index is 0.00354. The van der Waals surface area contributed by atoms with Gasteiger partial charge in [-0.1, -0.05) is 13.3 Å². The van der Waals surface area contributed by atoms with E-state index in [2.05, 4.69) is 5.32 Å². The van der Waals surface area contributed by atoms with Gasteiger partial charge in [-0.2, -0.15) is 0 Å². The molecule has 0 radical (unpaired) electrons. The fourth-order valence-corrected chi connectivity index (χ4v) is 1.50. The molecule has 88 valence electrons. The quantitative estimate of drug-likeness (QED) is 0.841. The number of hydrogen-bond acceptors (Lipinski definition) is 1. The second-order valence-electron chi connectivity index (χ2n) is 3.82. The lowest BCUT2D eigenvalue weighted by atomic mass is 10.1. The lowest BCUT2D eigenvalue weighted by molar-refractivity contribution is 0.0937. The van der Waals surface area contributed by atoms with Crippen LogP contribution >= 0.6 is 0 Å². The summed E-state index contributed by atoms with van der Waals surface area (Å²) in [6.07, 6.45) is 1.78. The van der Waals surface area contributed by atoms with Crippen molar-refractivity contribution in [2.24, 2.45) is 0 Å². The number of nitrogens with one attached hydrogen (secondary N) is 1. The first-order chi connectivity index (χ1) is 7.52. The molecule has 1 N–H and O–H groups in total. The zero-order chi connectivity index (χ0) is 12.1. The molecule has 0 unspecified atom stereocenters. The fourth-order valence-electron chi connectivity index (χ4n) is 1.50. The molecule has 2 nitrogen and oxygen atoms in total. The van der Waals surface area contributed by atoms with Gasteiger partial charge in [0.25, 0.3) is 5.91 Å². The molecule has 1 amide bonds. The molecule has 0 bridgehead atoms. The van der Waals surface area contributed by atoms with Crippen LogP contribution in [0.15, 0.2) is 18.2 Å². The average Bonchev–Trinajstić information content (AvgIpc) is 2.16. The first-order valence-corrected chi connectivity index (χ1v) is 5.30. The Balaban J connectivity index is 2.72. The molecule has 4 heteroatoms. The molecule has 0 saturated carbocycles. The van der Waals surface area contributed by atoms with Crippen LogP contribution in [0.4, 0.5) is 8.78 Å². The summed E-state index contributed by atoms with van der Waals surface area (Å²) in [6.45, 7) is 3.86. The summed E-state index contributed by atoms with van der Waals surface area (Å²) in [5.74, 6) is -1.93. The summed E-state index contributed by atoms with van der Waals surface area (Å²) < 4.78 is 25.7. The number of carbonyl (C=O) groups excluding carboxylic acids is 1. The number of amides is 1. The summed E-state index contributed by atoms with van der Waals surface area (Å²) in [6, 6.07) is 2.80. The molecule has 0 saturated heterocycles. The molecular weight excluding hydrogens is 212 g/mol. The van der Waals surface area contributed by atoms with Gasteiger partial charge in [-0.25, -0.2) is 8.78 Å². The number of hydrogen-bond donors (Lipinski definition) is 1. The Morgan fingerprint density at radius 2 is 1.88 bits per heavy atom. The Morgan fingerprint density at radius 3 is 2.38 bits per heavy atom. The molecule has 1 atom stereocenters. The third-order valence-corrected chi connectivity index (χ3v) is 2.22. The minimum Gasteiger partial charge on any atom is -0.350 e. The Kier molecular flexibility index (Phi) is 4.40. The smallest absolute Gasteiger partial charge is 0.251 e. The Labute approximate surface area is 93.7 Å². The van der Waals surface area contributed by atoms with E-state index in [1.807, 2.05) is 13.8 Å². The second kappa shape index (κ2) is 5.58. The lowest BCUT2D eigenvalue weighted by Gasteiger charge is -2.12. The van der Waals surface area contributed by atoms with Crippen molar-refractivity contribution in [2.45, 2.75) is 32.7 Å². The molecule has 0 aromatic heterocycles. The van der Waals surface area contributed by atoms with Crippen LogP contribution in [0.25, 0.3) is 0 Å². The normalized spacial score (nSPS) is 12.2. The van der Waals surface area contributed by atoms with Gasteiger partial charge in [0.2, 0.25) is 0 Å². The van der Waals surface area contributed by atoms with Gasteiger partial charge in [0.05, 0.1) is 0 Å². The van der Waals surface area contributed by atoms with Crippen molar-refractivity contribution in [2.75, 3.05) is 0 Å². The standard InChI is InChI=1S/C12H15F2NO/c1-3-4-8(2)15-12(16)9-5-10(13)7-11(14)6-9/h5-8H,3-4H2,1-2H3,(H,15,16)/t8-/m1/s1. The maximum atomic E-state index is 12.9. The highest BCUT2D eigenvalue weighted by molar-refractivity contribution is 5.94. The van der Waals surface area contributed by atoms with E-state index in [1.165, 1.54) is 0 Å². The van der Waals surface area contributed by atoms with Gasteiger partial charge in [-0.05, 0) is 25.5 Å². The van der Waals surface area contributed by atoms with E-state index < -0.39 is 17.5 Å². The second-order valence-corrected chi connectivity index (χ2v) is 3.82. The Morgan fingerprint density at radius 1 is 1.31 bits per heavy atom. The SMILES string of the molecule is CCC[C@@H](C)NC(=O)c1cc(F)cc(F)c1. The van der Waals surface area contributed by atoms with Crippen molar-refractivity contribution in [3.63, 3.8) is 0 Å². The van der Waals surface area contributed by atoms with Gasteiger partial charge in [0, 0.05) is 17.7 Å². The van der Waals surface area contributed by atoms with Crippen molar-refractivity contribution in [1.29, 1.82) is 0 Å². The molecule has 0 aliphatic carbocycles. The van der Waals surface area contributed by atoms with E-state index in [1.54, 1.807) is 0 Å². The summed E-state index contributed by atoms with van der Waals surface area (Å²) in [5, 5.41) is 2.68. The van der Waals surface area contributed by atoms with Crippen LogP contribution in [0.5, 0.6) is 0 Å². The van der Waals surface area contributed by atoms with Gasteiger partial charge >= 0.3 is 0 Å². The Hall–Kier alpha value is -1.45. The van der Waals surface area contributed by atoms with Crippen LogP contribution in [0.3, 0.4) is 0 Å². The molecule has 0 aliphatic rings.